The Kier molecular flexibility index (Phi) is 3.21. The summed E-state index contributed by atoms with van der Waals surface area (Å²) in [5, 5.41) is 11.0. The molecule has 0 saturated carbocycles. The van der Waals surface area contributed by atoms with E-state index in [0.717, 1.165) is 26.1 Å². The molecule has 98 valence electrons. The van der Waals surface area contributed by atoms with Gasteiger partial charge in [-0.25, -0.2) is 0 Å². The van der Waals surface area contributed by atoms with E-state index in [4.69, 9.17) is 4.74 Å². The van der Waals surface area contributed by atoms with Gasteiger partial charge in [-0.05, 0) is 40.2 Å². The van der Waals surface area contributed by atoms with Gasteiger partial charge in [0, 0.05) is 19.0 Å². The van der Waals surface area contributed by atoms with Gasteiger partial charge in [0.2, 0.25) is 0 Å². The van der Waals surface area contributed by atoms with Crippen molar-refractivity contribution in [1.29, 1.82) is 0 Å². The van der Waals surface area contributed by atoms with Crippen molar-refractivity contribution in [3.8, 4) is 0 Å². The summed E-state index contributed by atoms with van der Waals surface area (Å²) in [5.41, 5.74) is -1.73. The minimum atomic E-state index is -0.910. The van der Waals surface area contributed by atoms with Crippen molar-refractivity contribution in [3.63, 3.8) is 0 Å². The molecule has 2 saturated heterocycles. The molecule has 4 nitrogen and oxygen atoms in total. The topological polar surface area (TPSA) is 49.8 Å². The summed E-state index contributed by atoms with van der Waals surface area (Å²) >= 11 is 0. The third-order valence-corrected chi connectivity index (χ3v) is 4.62. The van der Waals surface area contributed by atoms with Crippen LogP contribution in [0.4, 0.5) is 0 Å². The third-order valence-electron chi connectivity index (χ3n) is 4.62. The van der Waals surface area contributed by atoms with Crippen molar-refractivity contribution < 1.29 is 14.6 Å². The molecule has 17 heavy (non-hydrogen) atoms. The second-order valence-corrected chi connectivity index (χ2v) is 5.81. The summed E-state index contributed by atoms with van der Waals surface area (Å²) < 4.78 is 5.12. The molecule has 1 N–H and O–H groups in total. The van der Waals surface area contributed by atoms with Gasteiger partial charge in [0.1, 0.15) is 0 Å². The van der Waals surface area contributed by atoms with E-state index in [1.54, 1.807) is 6.92 Å². The highest BCUT2D eigenvalue weighted by Gasteiger charge is 2.57. The molecule has 2 aliphatic rings. The van der Waals surface area contributed by atoms with Gasteiger partial charge in [-0.3, -0.25) is 4.79 Å². The van der Waals surface area contributed by atoms with Gasteiger partial charge in [0.15, 0.2) is 0 Å². The Morgan fingerprint density at radius 2 is 2.24 bits per heavy atom. The number of ether oxygens (including phenoxy) is 1. The van der Waals surface area contributed by atoms with E-state index >= 15 is 0 Å². The molecule has 0 aromatic heterocycles. The first kappa shape index (κ1) is 12.8. The standard InChI is InChI=1S/C13H23NO3/c1-4-17-11(15)12(2,3)13(16)6-8-14-7-5-10(13)9-14/h10,16H,4-9H2,1-3H3. The van der Waals surface area contributed by atoms with E-state index in [1.165, 1.54) is 0 Å². The fraction of sp³-hybridized carbons (Fsp3) is 0.923. The van der Waals surface area contributed by atoms with Gasteiger partial charge in [-0.15, -0.1) is 0 Å². The fourth-order valence-electron chi connectivity index (χ4n) is 3.27. The first-order valence-corrected chi connectivity index (χ1v) is 6.54. The van der Waals surface area contributed by atoms with Crippen LogP contribution in [0.3, 0.4) is 0 Å². The Hall–Kier alpha value is -0.610. The molecule has 0 aromatic carbocycles. The molecule has 4 heteroatoms. The molecule has 0 radical (unpaired) electrons. The Balaban J connectivity index is 2.21. The summed E-state index contributed by atoms with van der Waals surface area (Å²) in [4.78, 5) is 14.4. The molecule has 0 aliphatic carbocycles. The van der Waals surface area contributed by atoms with Crippen LogP contribution in [0.5, 0.6) is 0 Å². The predicted octanol–water partition coefficient (Wildman–Crippen LogP) is 1.03. The van der Waals surface area contributed by atoms with Gasteiger partial charge < -0.3 is 14.7 Å². The highest BCUT2D eigenvalue weighted by atomic mass is 16.5. The van der Waals surface area contributed by atoms with Crippen molar-refractivity contribution in [2.24, 2.45) is 11.3 Å². The lowest BCUT2D eigenvalue weighted by Gasteiger charge is -2.47. The molecule has 3 unspecified atom stereocenters. The van der Waals surface area contributed by atoms with Crippen LogP contribution in [0.2, 0.25) is 0 Å². The number of fused-ring (bicyclic) bond motifs is 2. The van der Waals surface area contributed by atoms with Crippen molar-refractivity contribution in [3.05, 3.63) is 0 Å². The minimum absolute atomic E-state index is 0.204. The highest BCUT2D eigenvalue weighted by molar-refractivity contribution is 5.77. The van der Waals surface area contributed by atoms with Crippen molar-refractivity contribution in [2.75, 3.05) is 26.2 Å². The van der Waals surface area contributed by atoms with Crippen molar-refractivity contribution in [2.45, 2.75) is 39.2 Å². The SMILES string of the molecule is CCOC(=O)C(C)(C)C1(O)CCN2CCC1C2. The van der Waals surface area contributed by atoms with Gasteiger partial charge in [-0.1, -0.05) is 0 Å². The molecular formula is C13H23NO3. The molecule has 2 heterocycles. The zero-order chi connectivity index (χ0) is 12.7. The van der Waals surface area contributed by atoms with Crippen molar-refractivity contribution in [1.82, 2.24) is 4.90 Å². The maximum Gasteiger partial charge on any atom is 0.314 e. The van der Waals surface area contributed by atoms with E-state index in [2.05, 4.69) is 4.90 Å². The van der Waals surface area contributed by atoms with E-state index < -0.39 is 11.0 Å². The number of carbonyl (C=O) groups excluding carboxylic acids is 1. The molecule has 2 bridgehead atoms. The van der Waals surface area contributed by atoms with Gasteiger partial charge in [0.25, 0.3) is 0 Å². The molecule has 2 rings (SSSR count). The van der Waals surface area contributed by atoms with Crippen LogP contribution in [0.25, 0.3) is 0 Å². The predicted molar refractivity (Wildman–Crippen MR) is 64.5 cm³/mol. The molecule has 2 aliphatic heterocycles. The molecule has 3 atom stereocenters. The number of nitrogens with zero attached hydrogens (tertiary/aromatic N) is 1. The lowest BCUT2D eigenvalue weighted by molar-refractivity contribution is -0.183. The zero-order valence-electron chi connectivity index (χ0n) is 11.0. The van der Waals surface area contributed by atoms with E-state index in [0.29, 0.717) is 13.0 Å². The largest absolute Gasteiger partial charge is 0.465 e. The highest BCUT2D eigenvalue weighted by Crippen LogP contribution is 2.47. The van der Waals surface area contributed by atoms with Crippen LogP contribution >= 0.6 is 0 Å². The van der Waals surface area contributed by atoms with Crippen LogP contribution in [0.1, 0.15) is 33.6 Å². The quantitative estimate of drug-likeness (QED) is 0.750. The van der Waals surface area contributed by atoms with Gasteiger partial charge in [0.05, 0.1) is 17.6 Å². The summed E-state index contributed by atoms with van der Waals surface area (Å²) in [7, 11) is 0. The lowest BCUT2D eigenvalue weighted by atomic mass is 9.65. The smallest absolute Gasteiger partial charge is 0.314 e. The van der Waals surface area contributed by atoms with Crippen LogP contribution < -0.4 is 0 Å². The summed E-state index contributed by atoms with van der Waals surface area (Å²) in [6.45, 7) is 8.66. The Morgan fingerprint density at radius 3 is 2.88 bits per heavy atom. The zero-order valence-corrected chi connectivity index (χ0v) is 11.0. The average molecular weight is 241 g/mol. The molecule has 0 aromatic rings. The van der Waals surface area contributed by atoms with Crippen LogP contribution in [-0.2, 0) is 9.53 Å². The minimum Gasteiger partial charge on any atom is -0.465 e. The molecular weight excluding hydrogens is 218 g/mol. The van der Waals surface area contributed by atoms with E-state index in [1.807, 2.05) is 13.8 Å². The second kappa shape index (κ2) is 4.25. The number of hydrogen-bond donors (Lipinski definition) is 1. The summed E-state index contributed by atoms with van der Waals surface area (Å²) in [6.07, 6.45) is 1.66. The van der Waals surface area contributed by atoms with E-state index in [9.17, 15) is 9.90 Å². The van der Waals surface area contributed by atoms with Crippen molar-refractivity contribution >= 4 is 5.97 Å². The monoisotopic (exact) mass is 241 g/mol. The fourth-order valence-corrected chi connectivity index (χ4v) is 3.27. The number of rotatable bonds is 3. The van der Waals surface area contributed by atoms with Crippen LogP contribution in [0, 0.1) is 11.3 Å². The first-order chi connectivity index (χ1) is 7.91. The Morgan fingerprint density at radius 1 is 1.53 bits per heavy atom. The molecule has 0 spiro atoms. The van der Waals surface area contributed by atoms with Crippen LogP contribution in [-0.4, -0.2) is 47.8 Å². The lowest BCUT2D eigenvalue weighted by Crippen LogP contribution is -2.58. The maximum absolute atomic E-state index is 12.0. The maximum atomic E-state index is 12.0. The summed E-state index contributed by atoms with van der Waals surface area (Å²) in [5.74, 6) is -0.0708. The number of carbonyl (C=O) groups is 1. The molecule has 2 fully saturated rings. The number of piperidine rings is 1. The molecule has 0 amide bonds. The van der Waals surface area contributed by atoms with E-state index in [-0.39, 0.29) is 11.9 Å². The Bertz CT molecular complexity index is 316. The first-order valence-electron chi connectivity index (χ1n) is 6.54. The summed E-state index contributed by atoms with van der Waals surface area (Å²) in [6, 6.07) is 0. The Labute approximate surface area is 103 Å². The second-order valence-electron chi connectivity index (χ2n) is 5.81. The number of esters is 1. The van der Waals surface area contributed by atoms with Gasteiger partial charge >= 0.3 is 5.97 Å². The third kappa shape index (κ3) is 1.87. The average Bonchev–Trinajstić information content (AvgIpc) is 2.69. The number of hydrogen-bond acceptors (Lipinski definition) is 4. The van der Waals surface area contributed by atoms with Gasteiger partial charge in [-0.2, -0.15) is 0 Å². The number of aliphatic hydroxyl groups is 1. The normalized spacial score (nSPS) is 36.9. The van der Waals surface area contributed by atoms with Crippen LogP contribution in [0.15, 0.2) is 0 Å².